The number of aromatic nitrogens is 2. The third kappa shape index (κ3) is 4.45. The lowest BCUT2D eigenvalue weighted by molar-refractivity contribution is 0.242. The molecule has 1 aromatic heterocycles. The summed E-state index contributed by atoms with van der Waals surface area (Å²) in [6.07, 6.45) is 4.08. The molecular weight excluding hydrogens is 306 g/mol. The first-order valence-electron chi connectivity index (χ1n) is 8.19. The maximum Gasteiger partial charge on any atom is 0.128 e. The van der Waals surface area contributed by atoms with Gasteiger partial charge in [0.05, 0.1) is 12.8 Å². The Morgan fingerprint density at radius 2 is 1.87 bits per heavy atom. The molecule has 4 nitrogen and oxygen atoms in total. The summed E-state index contributed by atoms with van der Waals surface area (Å²) >= 11 is 1.78. The molecule has 0 aliphatic carbocycles. The van der Waals surface area contributed by atoms with Gasteiger partial charge in [-0.2, -0.15) is 0 Å². The highest BCUT2D eigenvalue weighted by molar-refractivity contribution is 7.99. The van der Waals surface area contributed by atoms with Crippen molar-refractivity contribution in [2.24, 2.45) is 0 Å². The first-order chi connectivity index (χ1) is 11.4. The summed E-state index contributed by atoms with van der Waals surface area (Å²) in [5, 5.41) is 9.70. The first kappa shape index (κ1) is 16.3. The smallest absolute Gasteiger partial charge is 0.128 e. The van der Waals surface area contributed by atoms with Crippen LogP contribution in [0.2, 0.25) is 0 Å². The van der Waals surface area contributed by atoms with Gasteiger partial charge in [0, 0.05) is 17.9 Å². The van der Waals surface area contributed by atoms with Crippen LogP contribution >= 0.6 is 11.8 Å². The molecule has 0 N–H and O–H groups in total. The van der Waals surface area contributed by atoms with Crippen LogP contribution in [0, 0.1) is 0 Å². The van der Waals surface area contributed by atoms with Crippen LogP contribution in [-0.2, 0) is 0 Å². The SMILES string of the molecule is COc1ccccc1-c1ccc(SCCN2CCCCC2)nn1. The molecule has 23 heavy (non-hydrogen) atoms. The Morgan fingerprint density at radius 1 is 1.04 bits per heavy atom. The van der Waals surface area contributed by atoms with Crippen LogP contribution in [0.15, 0.2) is 41.4 Å². The van der Waals surface area contributed by atoms with Crippen LogP contribution in [0.5, 0.6) is 5.75 Å². The zero-order chi connectivity index (χ0) is 15.9. The van der Waals surface area contributed by atoms with E-state index < -0.39 is 0 Å². The summed E-state index contributed by atoms with van der Waals surface area (Å²) in [7, 11) is 1.68. The molecule has 0 spiro atoms. The van der Waals surface area contributed by atoms with Crippen LogP contribution in [-0.4, -0.2) is 47.6 Å². The lowest BCUT2D eigenvalue weighted by atomic mass is 10.1. The Morgan fingerprint density at radius 3 is 2.61 bits per heavy atom. The van der Waals surface area contributed by atoms with Crippen LogP contribution in [0.25, 0.3) is 11.3 Å². The maximum atomic E-state index is 5.38. The van der Waals surface area contributed by atoms with E-state index in [1.54, 1.807) is 18.9 Å². The summed E-state index contributed by atoms with van der Waals surface area (Å²) in [5.41, 5.74) is 1.83. The quantitative estimate of drug-likeness (QED) is 0.755. The molecule has 1 saturated heterocycles. The van der Waals surface area contributed by atoms with Crippen LogP contribution in [0.3, 0.4) is 0 Å². The molecule has 1 aromatic carbocycles. The average Bonchev–Trinajstić information content (AvgIpc) is 2.63. The molecule has 0 amide bonds. The average molecular weight is 329 g/mol. The highest BCUT2D eigenvalue weighted by Crippen LogP contribution is 2.28. The van der Waals surface area contributed by atoms with Gasteiger partial charge in [-0.25, -0.2) is 0 Å². The largest absolute Gasteiger partial charge is 0.496 e. The molecular formula is C18H23N3OS. The molecule has 0 atom stereocenters. The van der Waals surface area contributed by atoms with Crippen molar-refractivity contribution in [3.05, 3.63) is 36.4 Å². The Balaban J connectivity index is 1.56. The number of hydrogen-bond donors (Lipinski definition) is 0. The van der Waals surface area contributed by atoms with E-state index in [4.69, 9.17) is 4.74 Å². The van der Waals surface area contributed by atoms with Crippen molar-refractivity contribution < 1.29 is 4.74 Å². The minimum Gasteiger partial charge on any atom is -0.496 e. The third-order valence-electron chi connectivity index (χ3n) is 4.13. The van der Waals surface area contributed by atoms with E-state index in [2.05, 4.69) is 21.2 Å². The maximum absolute atomic E-state index is 5.38. The third-order valence-corrected chi connectivity index (χ3v) is 5.03. The second-order valence-corrected chi connectivity index (χ2v) is 6.82. The summed E-state index contributed by atoms with van der Waals surface area (Å²) in [4.78, 5) is 2.55. The topological polar surface area (TPSA) is 38.2 Å². The Bertz CT molecular complexity index is 612. The molecule has 122 valence electrons. The van der Waals surface area contributed by atoms with Crippen molar-refractivity contribution in [2.45, 2.75) is 24.3 Å². The molecule has 0 bridgehead atoms. The van der Waals surface area contributed by atoms with Gasteiger partial charge in [-0.15, -0.1) is 22.0 Å². The number of ether oxygens (including phenoxy) is 1. The van der Waals surface area contributed by atoms with Crippen molar-refractivity contribution in [1.82, 2.24) is 15.1 Å². The molecule has 0 radical (unpaired) electrons. The number of likely N-dealkylation sites (tertiary alicyclic amines) is 1. The Kier molecular flexibility index (Phi) is 5.88. The predicted octanol–water partition coefficient (Wildman–Crippen LogP) is 3.73. The van der Waals surface area contributed by atoms with Gasteiger partial charge in [0.15, 0.2) is 0 Å². The van der Waals surface area contributed by atoms with E-state index >= 15 is 0 Å². The number of piperidine rings is 1. The van der Waals surface area contributed by atoms with E-state index in [-0.39, 0.29) is 0 Å². The monoisotopic (exact) mass is 329 g/mol. The van der Waals surface area contributed by atoms with Crippen LogP contribution in [0.4, 0.5) is 0 Å². The fraction of sp³-hybridized carbons (Fsp3) is 0.444. The second kappa shape index (κ2) is 8.31. The molecule has 1 fully saturated rings. The Labute approximate surface area is 142 Å². The van der Waals surface area contributed by atoms with E-state index in [1.165, 1.54) is 32.4 Å². The molecule has 1 aliphatic rings. The predicted molar refractivity (Wildman–Crippen MR) is 95.0 cm³/mol. The summed E-state index contributed by atoms with van der Waals surface area (Å²) in [6, 6.07) is 12.0. The van der Waals surface area contributed by atoms with Crippen LogP contribution in [0.1, 0.15) is 19.3 Å². The molecule has 0 saturated carbocycles. The first-order valence-corrected chi connectivity index (χ1v) is 9.17. The standard InChI is InChI=1S/C18H23N3OS/c1-22-17-8-4-3-7-15(17)16-9-10-18(20-19-16)23-14-13-21-11-5-2-6-12-21/h3-4,7-10H,2,5-6,11-14H2,1H3. The number of thioether (sulfide) groups is 1. The molecule has 5 heteroatoms. The highest BCUT2D eigenvalue weighted by atomic mass is 32.2. The normalized spacial score (nSPS) is 15.5. The van der Waals surface area contributed by atoms with Crippen molar-refractivity contribution >= 4 is 11.8 Å². The van der Waals surface area contributed by atoms with Gasteiger partial charge in [0.2, 0.25) is 0 Å². The minimum absolute atomic E-state index is 0.826. The van der Waals surface area contributed by atoms with Gasteiger partial charge in [-0.1, -0.05) is 18.6 Å². The molecule has 1 aliphatic heterocycles. The fourth-order valence-corrected chi connectivity index (χ4v) is 3.68. The number of hydrogen-bond acceptors (Lipinski definition) is 5. The van der Waals surface area contributed by atoms with Gasteiger partial charge in [-0.3, -0.25) is 0 Å². The van der Waals surface area contributed by atoms with Gasteiger partial charge >= 0.3 is 0 Å². The zero-order valence-electron chi connectivity index (χ0n) is 13.6. The van der Waals surface area contributed by atoms with E-state index in [1.807, 2.05) is 30.3 Å². The fourth-order valence-electron chi connectivity index (χ4n) is 2.86. The number of para-hydroxylation sites is 1. The summed E-state index contributed by atoms with van der Waals surface area (Å²) in [5.74, 6) is 1.90. The van der Waals surface area contributed by atoms with Gasteiger partial charge < -0.3 is 9.64 Å². The highest BCUT2D eigenvalue weighted by Gasteiger charge is 2.10. The van der Waals surface area contributed by atoms with E-state index in [9.17, 15) is 0 Å². The number of methoxy groups -OCH3 is 1. The number of benzene rings is 1. The molecule has 2 aromatic rings. The van der Waals surface area contributed by atoms with E-state index in [0.717, 1.165) is 34.3 Å². The van der Waals surface area contributed by atoms with Crippen molar-refractivity contribution in [2.75, 3.05) is 32.5 Å². The molecule has 2 heterocycles. The van der Waals surface area contributed by atoms with Gasteiger partial charge in [-0.05, 0) is 50.2 Å². The van der Waals surface area contributed by atoms with Crippen molar-refractivity contribution in [1.29, 1.82) is 0 Å². The van der Waals surface area contributed by atoms with Crippen LogP contribution < -0.4 is 4.74 Å². The zero-order valence-corrected chi connectivity index (χ0v) is 14.4. The minimum atomic E-state index is 0.826. The van der Waals surface area contributed by atoms with Crippen molar-refractivity contribution in [3.63, 3.8) is 0 Å². The van der Waals surface area contributed by atoms with Gasteiger partial charge in [0.1, 0.15) is 10.8 Å². The lowest BCUT2D eigenvalue weighted by Gasteiger charge is -2.25. The van der Waals surface area contributed by atoms with Gasteiger partial charge in [0.25, 0.3) is 0 Å². The lowest BCUT2D eigenvalue weighted by Crippen LogP contribution is -2.31. The summed E-state index contributed by atoms with van der Waals surface area (Å²) < 4.78 is 5.38. The van der Waals surface area contributed by atoms with Crippen molar-refractivity contribution in [3.8, 4) is 17.0 Å². The molecule has 0 unspecified atom stereocenters. The number of nitrogens with zero attached hydrogens (tertiary/aromatic N) is 3. The number of rotatable bonds is 6. The Hall–Kier alpha value is -1.59. The summed E-state index contributed by atoms with van der Waals surface area (Å²) in [6.45, 7) is 3.64. The second-order valence-electron chi connectivity index (χ2n) is 5.71. The van der Waals surface area contributed by atoms with E-state index in [0.29, 0.717) is 0 Å². The molecule has 3 rings (SSSR count).